The predicted molar refractivity (Wildman–Crippen MR) is 93.5 cm³/mol. The first kappa shape index (κ1) is 15.4. The van der Waals surface area contributed by atoms with E-state index in [1.54, 1.807) is 18.2 Å². The van der Waals surface area contributed by atoms with Crippen LogP contribution in [0.1, 0.15) is 16.7 Å². The van der Waals surface area contributed by atoms with Crippen molar-refractivity contribution >= 4 is 35.0 Å². The molecule has 0 spiro atoms. The third-order valence-electron chi connectivity index (χ3n) is 3.52. The summed E-state index contributed by atoms with van der Waals surface area (Å²) < 4.78 is 13.0. The van der Waals surface area contributed by atoms with Gasteiger partial charge in [0.1, 0.15) is 11.5 Å². The molecule has 0 unspecified atom stereocenters. The summed E-state index contributed by atoms with van der Waals surface area (Å²) in [5, 5.41) is 3.27. The number of carbonyl (C=O) groups is 1. The predicted octanol–water partition coefficient (Wildman–Crippen LogP) is 3.70. The van der Waals surface area contributed by atoms with E-state index in [9.17, 15) is 9.18 Å². The Kier molecular flexibility index (Phi) is 3.96. The highest BCUT2D eigenvalue weighted by molar-refractivity contribution is 7.80. The van der Waals surface area contributed by atoms with Gasteiger partial charge in [-0.1, -0.05) is 18.2 Å². The number of thiocarbonyl (C=S) groups is 1. The summed E-state index contributed by atoms with van der Waals surface area (Å²) in [6.07, 6.45) is 1.66. The molecule has 3 nitrogen and oxygen atoms in total. The van der Waals surface area contributed by atoms with E-state index in [2.05, 4.69) is 5.32 Å². The number of halogens is 1. The number of nitrogens with one attached hydrogen (secondary N) is 1. The van der Waals surface area contributed by atoms with Gasteiger partial charge in [-0.15, -0.1) is 0 Å². The van der Waals surface area contributed by atoms with Crippen molar-refractivity contribution in [2.24, 2.45) is 0 Å². The Bertz CT molecular complexity index is 807. The van der Waals surface area contributed by atoms with Gasteiger partial charge < -0.3 is 5.32 Å². The first-order chi connectivity index (χ1) is 10.9. The zero-order chi connectivity index (χ0) is 16.6. The number of amides is 1. The molecule has 3 rings (SSSR count). The van der Waals surface area contributed by atoms with Crippen LogP contribution in [0.25, 0.3) is 6.08 Å². The number of aryl methyl sites for hydroxylation is 2. The number of carbonyl (C=O) groups excluding carboxylic acids is 1. The van der Waals surface area contributed by atoms with Gasteiger partial charge in [0.15, 0.2) is 5.11 Å². The minimum Gasteiger partial charge on any atom is -0.327 e. The molecule has 1 N–H and O–H groups in total. The van der Waals surface area contributed by atoms with Gasteiger partial charge in [-0.25, -0.2) is 4.39 Å². The highest BCUT2D eigenvalue weighted by Crippen LogP contribution is 2.24. The van der Waals surface area contributed by atoms with Crippen LogP contribution in [0.15, 0.2) is 48.2 Å². The quantitative estimate of drug-likeness (QED) is 0.674. The average molecular weight is 326 g/mol. The summed E-state index contributed by atoms with van der Waals surface area (Å²) in [7, 11) is 0. The van der Waals surface area contributed by atoms with Gasteiger partial charge in [0.25, 0.3) is 5.91 Å². The van der Waals surface area contributed by atoms with Crippen LogP contribution in [0.5, 0.6) is 0 Å². The molecule has 1 amide bonds. The monoisotopic (exact) mass is 326 g/mol. The Labute approximate surface area is 139 Å². The van der Waals surface area contributed by atoms with E-state index in [0.29, 0.717) is 10.8 Å². The zero-order valence-corrected chi connectivity index (χ0v) is 13.6. The van der Waals surface area contributed by atoms with Crippen LogP contribution in [0.3, 0.4) is 0 Å². The fourth-order valence-corrected chi connectivity index (χ4v) is 2.87. The number of hydrogen-bond acceptors (Lipinski definition) is 2. The molecular formula is C18H15FN2OS. The molecule has 2 aromatic carbocycles. The molecule has 23 heavy (non-hydrogen) atoms. The summed E-state index contributed by atoms with van der Waals surface area (Å²) in [5.74, 6) is -0.533. The van der Waals surface area contributed by atoms with Gasteiger partial charge in [-0.3, -0.25) is 9.69 Å². The minimum atomic E-state index is -0.315. The number of nitrogens with zero attached hydrogens (tertiary/aromatic N) is 1. The van der Waals surface area contributed by atoms with E-state index in [4.69, 9.17) is 12.2 Å². The zero-order valence-electron chi connectivity index (χ0n) is 12.8. The number of rotatable bonds is 2. The van der Waals surface area contributed by atoms with E-state index in [0.717, 1.165) is 22.4 Å². The molecule has 1 aliphatic heterocycles. The first-order valence-corrected chi connectivity index (χ1v) is 7.56. The summed E-state index contributed by atoms with van der Waals surface area (Å²) in [6.45, 7) is 3.95. The maximum Gasteiger partial charge on any atom is 0.281 e. The van der Waals surface area contributed by atoms with Gasteiger partial charge in [0.2, 0.25) is 0 Å². The van der Waals surface area contributed by atoms with Crippen LogP contribution in [0.4, 0.5) is 10.1 Å². The number of anilines is 1. The maximum absolute atomic E-state index is 13.0. The summed E-state index contributed by atoms with van der Waals surface area (Å²) in [6, 6.07) is 11.8. The summed E-state index contributed by atoms with van der Waals surface area (Å²) in [5.41, 5.74) is 3.97. The van der Waals surface area contributed by atoms with Crippen LogP contribution in [0.2, 0.25) is 0 Å². The Balaban J connectivity index is 1.95. The molecule has 0 aliphatic carbocycles. The van der Waals surface area contributed by atoms with Crippen LogP contribution in [-0.2, 0) is 4.79 Å². The topological polar surface area (TPSA) is 32.3 Å². The molecule has 0 atom stereocenters. The van der Waals surface area contributed by atoms with Crippen molar-refractivity contribution in [1.29, 1.82) is 0 Å². The van der Waals surface area contributed by atoms with Crippen molar-refractivity contribution in [1.82, 2.24) is 5.32 Å². The van der Waals surface area contributed by atoms with Crippen molar-refractivity contribution in [3.8, 4) is 0 Å². The third-order valence-corrected chi connectivity index (χ3v) is 3.81. The molecule has 1 heterocycles. The highest BCUT2D eigenvalue weighted by Gasteiger charge is 2.32. The minimum absolute atomic E-state index is 0.218. The largest absolute Gasteiger partial charge is 0.327 e. The van der Waals surface area contributed by atoms with Gasteiger partial charge in [0.05, 0.1) is 5.69 Å². The van der Waals surface area contributed by atoms with Crippen LogP contribution < -0.4 is 10.2 Å². The lowest BCUT2D eigenvalue weighted by molar-refractivity contribution is -0.113. The van der Waals surface area contributed by atoms with Gasteiger partial charge in [-0.05, 0) is 73.1 Å². The second-order valence-corrected chi connectivity index (χ2v) is 5.91. The van der Waals surface area contributed by atoms with Gasteiger partial charge in [0, 0.05) is 0 Å². The summed E-state index contributed by atoms with van der Waals surface area (Å²) >= 11 is 5.29. The van der Waals surface area contributed by atoms with Crippen molar-refractivity contribution in [3.05, 3.63) is 70.7 Å². The number of hydrogen-bond donors (Lipinski definition) is 1. The first-order valence-electron chi connectivity index (χ1n) is 7.15. The van der Waals surface area contributed by atoms with E-state index in [1.807, 2.05) is 32.0 Å². The molecule has 1 saturated heterocycles. The molecular weight excluding hydrogens is 311 g/mol. The maximum atomic E-state index is 13.0. The fraction of sp³-hybridized carbons (Fsp3) is 0.111. The third kappa shape index (κ3) is 3.14. The Morgan fingerprint density at radius 2 is 1.70 bits per heavy atom. The van der Waals surface area contributed by atoms with Crippen LogP contribution in [0, 0.1) is 19.7 Å². The van der Waals surface area contributed by atoms with Crippen molar-refractivity contribution in [2.75, 3.05) is 4.90 Å². The van der Waals surface area contributed by atoms with E-state index < -0.39 is 0 Å². The lowest BCUT2D eigenvalue weighted by Crippen LogP contribution is -2.30. The summed E-state index contributed by atoms with van der Waals surface area (Å²) in [4.78, 5) is 14.1. The van der Waals surface area contributed by atoms with Crippen molar-refractivity contribution in [3.63, 3.8) is 0 Å². The second-order valence-electron chi connectivity index (χ2n) is 5.53. The Morgan fingerprint density at radius 3 is 2.30 bits per heavy atom. The fourth-order valence-electron chi connectivity index (χ4n) is 2.57. The molecule has 2 aromatic rings. The van der Waals surface area contributed by atoms with Gasteiger partial charge >= 0.3 is 0 Å². The number of benzene rings is 2. The lowest BCUT2D eigenvalue weighted by atomic mass is 10.1. The molecule has 5 heteroatoms. The van der Waals surface area contributed by atoms with Crippen LogP contribution in [-0.4, -0.2) is 11.0 Å². The molecule has 0 radical (unpaired) electrons. The average Bonchev–Trinajstić information content (AvgIpc) is 2.75. The molecule has 0 saturated carbocycles. The molecule has 0 bridgehead atoms. The second kappa shape index (κ2) is 5.93. The van der Waals surface area contributed by atoms with Crippen LogP contribution >= 0.6 is 12.2 Å². The molecule has 1 aliphatic rings. The Hall–Kier alpha value is -2.53. The smallest absolute Gasteiger partial charge is 0.281 e. The Morgan fingerprint density at radius 1 is 1.09 bits per heavy atom. The normalized spacial score (nSPS) is 16.1. The SMILES string of the molecule is Cc1cc(C)cc(N2C(=O)/C(=C\c3ccc(F)cc3)NC2=S)c1. The van der Waals surface area contributed by atoms with Crippen molar-refractivity contribution in [2.45, 2.75) is 13.8 Å². The standard InChI is InChI=1S/C18H15FN2OS/c1-11-7-12(2)9-15(8-11)21-17(22)16(20-18(21)23)10-13-3-5-14(19)6-4-13/h3-10H,1-2H3,(H,20,23)/b16-10+. The molecule has 116 valence electrons. The highest BCUT2D eigenvalue weighted by atomic mass is 32.1. The van der Waals surface area contributed by atoms with Crippen molar-refractivity contribution < 1.29 is 9.18 Å². The van der Waals surface area contributed by atoms with E-state index in [1.165, 1.54) is 17.0 Å². The van der Waals surface area contributed by atoms with E-state index >= 15 is 0 Å². The van der Waals surface area contributed by atoms with E-state index in [-0.39, 0.29) is 11.7 Å². The molecule has 0 aromatic heterocycles. The molecule has 1 fully saturated rings. The lowest BCUT2D eigenvalue weighted by Gasteiger charge is -2.15. The van der Waals surface area contributed by atoms with Gasteiger partial charge in [-0.2, -0.15) is 0 Å².